The minimum atomic E-state index is 0. The molecule has 0 fully saturated rings. The van der Waals surface area contributed by atoms with Crippen LogP contribution >= 0.6 is 23.1 Å². The SMILES string of the molecule is C=CCN=c1sc(-c2ccccc2)c(-c2ccc(SC)cc2)n1-c1ccc(C)cc1.[Br-]. The second-order valence-electron chi connectivity index (χ2n) is 6.96. The Morgan fingerprint density at radius 3 is 2.23 bits per heavy atom. The van der Waals surface area contributed by atoms with Gasteiger partial charge in [-0.1, -0.05) is 77.6 Å². The maximum absolute atomic E-state index is 4.85. The normalized spacial score (nSPS) is 11.2. The van der Waals surface area contributed by atoms with E-state index in [9.17, 15) is 0 Å². The first-order valence-corrected chi connectivity index (χ1v) is 11.9. The van der Waals surface area contributed by atoms with E-state index in [-0.39, 0.29) is 17.0 Å². The van der Waals surface area contributed by atoms with Crippen LogP contribution in [-0.4, -0.2) is 17.4 Å². The van der Waals surface area contributed by atoms with Crippen molar-refractivity contribution in [2.24, 2.45) is 4.99 Å². The lowest BCUT2D eigenvalue weighted by Gasteiger charge is -2.12. The van der Waals surface area contributed by atoms with Gasteiger partial charge in [0.1, 0.15) is 0 Å². The molecule has 2 nitrogen and oxygen atoms in total. The van der Waals surface area contributed by atoms with Crippen LogP contribution < -0.4 is 21.8 Å². The molecular formula is C26H24BrN2S2-. The Morgan fingerprint density at radius 2 is 1.61 bits per heavy atom. The quantitative estimate of drug-likeness (QED) is 0.285. The van der Waals surface area contributed by atoms with Gasteiger partial charge in [0.25, 0.3) is 0 Å². The van der Waals surface area contributed by atoms with Gasteiger partial charge in [0.2, 0.25) is 0 Å². The first-order valence-electron chi connectivity index (χ1n) is 9.85. The van der Waals surface area contributed by atoms with Crippen LogP contribution in [-0.2, 0) is 0 Å². The molecule has 0 atom stereocenters. The Bertz CT molecular complexity index is 1210. The van der Waals surface area contributed by atoms with Crippen LogP contribution in [0.3, 0.4) is 0 Å². The first kappa shape index (κ1) is 23.3. The van der Waals surface area contributed by atoms with Crippen molar-refractivity contribution >= 4 is 23.1 Å². The van der Waals surface area contributed by atoms with Crippen LogP contribution in [0.4, 0.5) is 0 Å². The van der Waals surface area contributed by atoms with Crippen molar-refractivity contribution in [3.63, 3.8) is 0 Å². The summed E-state index contributed by atoms with van der Waals surface area (Å²) in [5.41, 5.74) is 5.92. The number of aromatic nitrogens is 1. The number of thiazole rings is 1. The van der Waals surface area contributed by atoms with E-state index in [4.69, 9.17) is 4.99 Å². The molecule has 1 aromatic heterocycles. The number of thioether (sulfide) groups is 1. The van der Waals surface area contributed by atoms with Gasteiger partial charge in [-0.3, -0.25) is 9.56 Å². The molecule has 5 heteroatoms. The smallest absolute Gasteiger partial charge is 0.190 e. The van der Waals surface area contributed by atoms with Gasteiger partial charge in [-0.25, -0.2) is 0 Å². The molecule has 3 aromatic carbocycles. The summed E-state index contributed by atoms with van der Waals surface area (Å²) in [7, 11) is 0. The van der Waals surface area contributed by atoms with Gasteiger partial charge >= 0.3 is 0 Å². The summed E-state index contributed by atoms with van der Waals surface area (Å²) in [6, 6.07) is 28.0. The summed E-state index contributed by atoms with van der Waals surface area (Å²) < 4.78 is 2.28. The molecule has 0 saturated heterocycles. The highest BCUT2D eigenvalue weighted by Crippen LogP contribution is 2.37. The van der Waals surface area contributed by atoms with Gasteiger partial charge in [-0.2, -0.15) is 0 Å². The van der Waals surface area contributed by atoms with E-state index >= 15 is 0 Å². The van der Waals surface area contributed by atoms with E-state index in [1.807, 2.05) is 6.08 Å². The zero-order chi connectivity index (χ0) is 20.9. The van der Waals surface area contributed by atoms with Crippen molar-refractivity contribution in [2.45, 2.75) is 11.8 Å². The third-order valence-corrected chi connectivity index (χ3v) is 6.74. The number of aryl methyl sites for hydroxylation is 1. The van der Waals surface area contributed by atoms with Crippen LogP contribution in [0, 0.1) is 6.92 Å². The predicted octanol–water partition coefficient (Wildman–Crippen LogP) is 3.99. The number of hydrogen-bond acceptors (Lipinski definition) is 3. The Morgan fingerprint density at radius 1 is 0.935 bits per heavy atom. The number of rotatable bonds is 6. The second-order valence-corrected chi connectivity index (χ2v) is 8.81. The molecule has 0 unspecified atom stereocenters. The van der Waals surface area contributed by atoms with Gasteiger partial charge in [0.05, 0.1) is 17.1 Å². The molecule has 4 aromatic rings. The highest BCUT2D eigenvalue weighted by molar-refractivity contribution is 7.98. The Labute approximate surface area is 202 Å². The summed E-state index contributed by atoms with van der Waals surface area (Å²) in [5.74, 6) is 0. The first-order chi connectivity index (χ1) is 14.7. The largest absolute Gasteiger partial charge is 1.00 e. The van der Waals surface area contributed by atoms with Crippen LogP contribution in [0.1, 0.15) is 5.56 Å². The zero-order valence-electron chi connectivity index (χ0n) is 17.6. The molecule has 0 radical (unpaired) electrons. The molecule has 0 saturated carbocycles. The van der Waals surface area contributed by atoms with E-state index < -0.39 is 0 Å². The summed E-state index contributed by atoms with van der Waals surface area (Å²) in [5, 5.41) is 0. The van der Waals surface area contributed by atoms with Gasteiger partial charge in [0.15, 0.2) is 4.80 Å². The van der Waals surface area contributed by atoms with Crippen LogP contribution in [0.25, 0.3) is 27.4 Å². The summed E-state index contributed by atoms with van der Waals surface area (Å²) in [4.78, 5) is 8.30. The van der Waals surface area contributed by atoms with E-state index in [1.54, 1.807) is 23.1 Å². The van der Waals surface area contributed by atoms with Crippen molar-refractivity contribution in [3.8, 4) is 27.4 Å². The average Bonchev–Trinajstić information content (AvgIpc) is 3.18. The van der Waals surface area contributed by atoms with Crippen molar-refractivity contribution in [1.82, 2.24) is 4.57 Å². The Kier molecular flexibility index (Phi) is 8.13. The van der Waals surface area contributed by atoms with Crippen molar-refractivity contribution in [1.29, 1.82) is 0 Å². The molecule has 0 aliphatic carbocycles. The fourth-order valence-electron chi connectivity index (χ4n) is 3.36. The van der Waals surface area contributed by atoms with E-state index in [0.717, 1.165) is 10.5 Å². The molecule has 1 heterocycles. The van der Waals surface area contributed by atoms with E-state index in [1.165, 1.54) is 32.2 Å². The van der Waals surface area contributed by atoms with Crippen molar-refractivity contribution in [3.05, 3.63) is 102 Å². The van der Waals surface area contributed by atoms with Gasteiger partial charge in [-0.05, 0) is 43.0 Å². The van der Waals surface area contributed by atoms with E-state index in [0.29, 0.717) is 6.54 Å². The lowest BCUT2D eigenvalue weighted by Crippen LogP contribution is -3.00. The molecule has 4 rings (SSSR count). The van der Waals surface area contributed by atoms with E-state index in [2.05, 4.69) is 103 Å². The maximum Gasteiger partial charge on any atom is 0.190 e. The Balaban J connectivity index is 0.00000272. The molecule has 31 heavy (non-hydrogen) atoms. The number of hydrogen-bond donors (Lipinski definition) is 0. The third-order valence-electron chi connectivity index (χ3n) is 4.87. The molecule has 0 spiro atoms. The molecule has 0 N–H and O–H groups in total. The lowest BCUT2D eigenvalue weighted by molar-refractivity contribution is -0.00000592. The fraction of sp³-hybridized carbons (Fsp3) is 0.115. The second kappa shape index (κ2) is 10.8. The van der Waals surface area contributed by atoms with Crippen LogP contribution in [0.5, 0.6) is 0 Å². The Hall–Kier alpha value is -2.34. The summed E-state index contributed by atoms with van der Waals surface area (Å²) in [6.45, 7) is 6.56. The molecule has 0 aliphatic rings. The zero-order valence-corrected chi connectivity index (χ0v) is 20.8. The average molecular weight is 509 g/mol. The molecular weight excluding hydrogens is 484 g/mol. The minimum Gasteiger partial charge on any atom is -1.00 e. The standard InChI is InChI=1S/C26H24N2S2.BrH/c1-4-18-27-26-28(22-14-10-19(2)11-15-22)24(20-12-16-23(29-3)17-13-20)25(30-26)21-8-6-5-7-9-21;/h4-17H,1,18H2,2-3H3;1H/p-1. The fourth-order valence-corrected chi connectivity index (χ4v) is 4.93. The van der Waals surface area contributed by atoms with Crippen molar-refractivity contribution < 1.29 is 17.0 Å². The summed E-state index contributed by atoms with van der Waals surface area (Å²) in [6.07, 6.45) is 3.95. The van der Waals surface area contributed by atoms with Crippen molar-refractivity contribution in [2.75, 3.05) is 12.8 Å². The topological polar surface area (TPSA) is 17.3 Å². The lowest BCUT2D eigenvalue weighted by atomic mass is 10.1. The highest BCUT2D eigenvalue weighted by atomic mass is 79.9. The predicted molar refractivity (Wildman–Crippen MR) is 132 cm³/mol. The van der Waals surface area contributed by atoms with Gasteiger partial charge < -0.3 is 17.0 Å². The summed E-state index contributed by atoms with van der Waals surface area (Å²) >= 11 is 3.48. The monoisotopic (exact) mass is 507 g/mol. The third kappa shape index (κ3) is 5.12. The maximum atomic E-state index is 4.85. The number of benzene rings is 3. The van der Waals surface area contributed by atoms with Crippen LogP contribution in [0.2, 0.25) is 0 Å². The van der Waals surface area contributed by atoms with Gasteiger partial charge in [0, 0.05) is 16.1 Å². The molecule has 0 aliphatic heterocycles. The van der Waals surface area contributed by atoms with Gasteiger partial charge in [-0.15, -0.1) is 18.3 Å². The molecule has 0 bridgehead atoms. The number of nitrogens with zero attached hydrogens (tertiary/aromatic N) is 2. The highest BCUT2D eigenvalue weighted by Gasteiger charge is 2.18. The van der Waals surface area contributed by atoms with Crippen LogP contribution in [0.15, 0.2) is 101 Å². The molecule has 158 valence electrons. The number of halogens is 1. The minimum absolute atomic E-state index is 0. The molecule has 0 amide bonds.